The molecule has 0 amide bonds. The number of aliphatic hydroxyl groups is 1. The number of carbonyl (C=O) groups is 1. The van der Waals surface area contributed by atoms with Crippen LogP contribution in [0.15, 0.2) is 0 Å². The largest absolute Gasteiger partial charge is 0.393 e. The van der Waals surface area contributed by atoms with Crippen molar-refractivity contribution in [1.29, 1.82) is 0 Å². The van der Waals surface area contributed by atoms with Gasteiger partial charge in [0.05, 0.1) is 6.10 Å². The quantitative estimate of drug-likeness (QED) is 0.192. The highest BCUT2D eigenvalue weighted by atomic mass is 16.3. The van der Waals surface area contributed by atoms with Crippen LogP contribution in [0.1, 0.15) is 149 Å². The molecule has 0 aliphatic rings. The Bertz CT molecular complexity index is 301. The van der Waals surface area contributed by atoms with E-state index in [1.54, 1.807) is 0 Å². The lowest BCUT2D eigenvalue weighted by Crippen LogP contribution is -2.12. The van der Waals surface area contributed by atoms with Crippen LogP contribution in [0, 0.1) is 0 Å². The van der Waals surface area contributed by atoms with E-state index in [1.165, 1.54) is 103 Å². The second-order valence-corrected chi connectivity index (χ2v) is 8.59. The maximum Gasteiger partial charge on any atom is 0.135 e. The van der Waals surface area contributed by atoms with Crippen molar-refractivity contribution in [2.75, 3.05) is 0 Å². The molecule has 2 nitrogen and oxygen atoms in total. The zero-order valence-electron chi connectivity index (χ0n) is 18.8. The van der Waals surface area contributed by atoms with Gasteiger partial charge in [-0.1, -0.05) is 123 Å². The minimum atomic E-state index is -0.409. The summed E-state index contributed by atoms with van der Waals surface area (Å²) in [6.07, 6.45) is 25.6. The molecule has 0 aromatic heterocycles. The molecule has 1 atom stereocenters. The first-order chi connectivity index (χ1) is 13.2. The lowest BCUT2D eigenvalue weighted by molar-refractivity contribution is -0.121. The van der Waals surface area contributed by atoms with Crippen molar-refractivity contribution < 1.29 is 9.90 Å². The molecule has 0 fully saturated rings. The molecular weight excluding hydrogens is 332 g/mol. The van der Waals surface area contributed by atoms with Crippen molar-refractivity contribution in [3.8, 4) is 0 Å². The Labute approximate surface area is 170 Å². The van der Waals surface area contributed by atoms with Crippen LogP contribution in [0.25, 0.3) is 0 Å². The van der Waals surface area contributed by atoms with Crippen LogP contribution < -0.4 is 0 Å². The van der Waals surface area contributed by atoms with Gasteiger partial charge in [-0.05, 0) is 12.8 Å². The Morgan fingerprint density at radius 2 is 0.963 bits per heavy atom. The van der Waals surface area contributed by atoms with E-state index in [-0.39, 0.29) is 5.78 Å². The molecule has 0 aliphatic carbocycles. The van der Waals surface area contributed by atoms with Crippen molar-refractivity contribution in [2.24, 2.45) is 0 Å². The summed E-state index contributed by atoms with van der Waals surface area (Å²) in [6, 6.07) is 0. The first kappa shape index (κ1) is 26.6. The molecule has 0 bridgehead atoms. The van der Waals surface area contributed by atoms with Crippen molar-refractivity contribution in [1.82, 2.24) is 0 Å². The average molecular weight is 383 g/mol. The van der Waals surface area contributed by atoms with Crippen molar-refractivity contribution >= 4 is 5.78 Å². The van der Waals surface area contributed by atoms with E-state index in [2.05, 4.69) is 6.92 Å². The van der Waals surface area contributed by atoms with E-state index in [4.69, 9.17) is 0 Å². The van der Waals surface area contributed by atoms with Gasteiger partial charge in [0.25, 0.3) is 0 Å². The minimum absolute atomic E-state index is 0.247. The van der Waals surface area contributed by atoms with Gasteiger partial charge in [0.15, 0.2) is 0 Å². The maximum absolute atomic E-state index is 11.7. The summed E-state index contributed by atoms with van der Waals surface area (Å²) in [5.74, 6) is 0.247. The molecule has 0 saturated heterocycles. The fourth-order valence-electron chi connectivity index (χ4n) is 3.85. The molecule has 0 aromatic carbocycles. The summed E-state index contributed by atoms with van der Waals surface area (Å²) in [4.78, 5) is 11.7. The Morgan fingerprint density at radius 1 is 0.593 bits per heavy atom. The van der Waals surface area contributed by atoms with Crippen molar-refractivity contribution in [2.45, 2.75) is 155 Å². The van der Waals surface area contributed by atoms with E-state index in [0.717, 1.165) is 19.3 Å². The summed E-state index contributed by atoms with van der Waals surface area (Å²) in [6.45, 7) is 4.33. The Balaban J connectivity index is 3.13. The molecule has 2 heteroatoms. The van der Waals surface area contributed by atoms with Gasteiger partial charge in [0, 0.05) is 12.8 Å². The molecule has 0 heterocycles. The van der Waals surface area contributed by atoms with Gasteiger partial charge in [-0.15, -0.1) is 0 Å². The number of hydrogen-bond donors (Lipinski definition) is 1. The topological polar surface area (TPSA) is 37.3 Å². The van der Waals surface area contributed by atoms with Crippen LogP contribution in [0.4, 0.5) is 0 Å². The molecule has 0 aromatic rings. The zero-order chi connectivity index (χ0) is 20.0. The van der Waals surface area contributed by atoms with E-state index in [1.807, 2.05) is 6.92 Å². The predicted molar refractivity (Wildman–Crippen MR) is 119 cm³/mol. The minimum Gasteiger partial charge on any atom is -0.393 e. The Morgan fingerprint density at radius 3 is 1.33 bits per heavy atom. The van der Waals surface area contributed by atoms with Crippen LogP contribution in [-0.2, 0) is 4.79 Å². The van der Waals surface area contributed by atoms with Gasteiger partial charge in [-0.25, -0.2) is 0 Å². The average Bonchev–Trinajstić information content (AvgIpc) is 2.64. The standard InChI is InChI=1S/C25H50O2/c1-3-5-6-7-8-9-10-11-12-13-14-15-16-17-18-19-20-22-25(27)23-24(26)21-4-2/h24,26H,3-23H2,1-2H3. The number of rotatable bonds is 22. The highest BCUT2D eigenvalue weighted by Crippen LogP contribution is 2.14. The molecule has 0 saturated carbocycles. The molecule has 0 radical (unpaired) electrons. The summed E-state index contributed by atoms with van der Waals surface area (Å²) in [5.41, 5.74) is 0. The third-order valence-electron chi connectivity index (χ3n) is 5.64. The van der Waals surface area contributed by atoms with E-state index >= 15 is 0 Å². The predicted octanol–water partition coefficient (Wildman–Crippen LogP) is 8.15. The van der Waals surface area contributed by atoms with Gasteiger partial charge in [-0.2, -0.15) is 0 Å². The highest BCUT2D eigenvalue weighted by molar-refractivity contribution is 5.78. The van der Waals surface area contributed by atoms with Crippen LogP contribution in [0.5, 0.6) is 0 Å². The molecule has 0 spiro atoms. The highest BCUT2D eigenvalue weighted by Gasteiger charge is 2.09. The summed E-state index contributed by atoms with van der Waals surface area (Å²) < 4.78 is 0. The number of hydrogen-bond acceptors (Lipinski definition) is 2. The van der Waals surface area contributed by atoms with Gasteiger partial charge >= 0.3 is 0 Å². The molecule has 162 valence electrons. The van der Waals surface area contributed by atoms with Crippen LogP contribution >= 0.6 is 0 Å². The van der Waals surface area contributed by atoms with Gasteiger partial charge in [-0.3, -0.25) is 4.79 Å². The monoisotopic (exact) mass is 382 g/mol. The SMILES string of the molecule is CCCCCCCCCCCCCCCCCCCC(=O)CC(O)CCC. The molecule has 27 heavy (non-hydrogen) atoms. The van der Waals surface area contributed by atoms with Crippen LogP contribution in [0.3, 0.4) is 0 Å². The molecule has 1 N–H and O–H groups in total. The Hall–Kier alpha value is -0.370. The third-order valence-corrected chi connectivity index (χ3v) is 5.64. The van der Waals surface area contributed by atoms with E-state index in [9.17, 15) is 9.90 Å². The molecule has 0 rings (SSSR count). The number of Topliss-reactive ketones (excluding diaryl/α,β-unsaturated/α-hetero) is 1. The fraction of sp³-hybridized carbons (Fsp3) is 0.960. The maximum atomic E-state index is 11.7. The Kier molecular flexibility index (Phi) is 21.6. The first-order valence-corrected chi connectivity index (χ1v) is 12.4. The lowest BCUT2D eigenvalue weighted by atomic mass is 10.0. The number of unbranched alkanes of at least 4 members (excludes halogenated alkanes) is 16. The van der Waals surface area contributed by atoms with Crippen LogP contribution in [-0.4, -0.2) is 17.0 Å². The number of ketones is 1. The van der Waals surface area contributed by atoms with Gasteiger partial charge in [0.2, 0.25) is 0 Å². The summed E-state index contributed by atoms with van der Waals surface area (Å²) in [7, 11) is 0. The second-order valence-electron chi connectivity index (χ2n) is 8.59. The van der Waals surface area contributed by atoms with Gasteiger partial charge < -0.3 is 5.11 Å². The number of carbonyl (C=O) groups excluding carboxylic acids is 1. The van der Waals surface area contributed by atoms with Gasteiger partial charge in [0.1, 0.15) is 5.78 Å². The van der Waals surface area contributed by atoms with Crippen molar-refractivity contribution in [3.63, 3.8) is 0 Å². The van der Waals surface area contributed by atoms with Crippen LogP contribution in [0.2, 0.25) is 0 Å². The molecule has 1 unspecified atom stereocenters. The molecular formula is C25H50O2. The summed E-state index contributed by atoms with van der Waals surface area (Å²) >= 11 is 0. The molecule has 0 aliphatic heterocycles. The third kappa shape index (κ3) is 21.8. The fourth-order valence-corrected chi connectivity index (χ4v) is 3.85. The number of aliphatic hydroxyl groups excluding tert-OH is 1. The van der Waals surface area contributed by atoms with E-state index < -0.39 is 6.10 Å². The summed E-state index contributed by atoms with van der Waals surface area (Å²) in [5, 5.41) is 9.64. The zero-order valence-corrected chi connectivity index (χ0v) is 18.8. The smallest absolute Gasteiger partial charge is 0.135 e. The van der Waals surface area contributed by atoms with E-state index in [0.29, 0.717) is 12.8 Å². The van der Waals surface area contributed by atoms with Crippen molar-refractivity contribution in [3.05, 3.63) is 0 Å². The lowest BCUT2D eigenvalue weighted by Gasteiger charge is -2.07. The normalized spacial score (nSPS) is 12.4. The second kappa shape index (κ2) is 21.9. The first-order valence-electron chi connectivity index (χ1n) is 12.4.